The van der Waals surface area contributed by atoms with Gasteiger partial charge >= 0.3 is 0 Å². The zero-order valence-corrected chi connectivity index (χ0v) is 9.81. The Morgan fingerprint density at radius 1 is 1.38 bits per heavy atom. The molecule has 0 bridgehead atoms. The first-order chi connectivity index (χ1) is 7.59. The molecule has 0 aliphatic rings. The Balaban J connectivity index is 2.50. The molecule has 2 N–H and O–H groups in total. The topological polar surface area (TPSA) is 69.6 Å². The number of nitrogen functional groups attached to an aromatic ring is 1. The number of anilines is 1. The molecule has 16 heavy (non-hydrogen) atoms. The van der Waals surface area contributed by atoms with E-state index in [-0.39, 0.29) is 5.92 Å². The molecule has 1 heterocycles. The van der Waals surface area contributed by atoms with E-state index in [1.54, 1.807) is 16.8 Å². The molecule has 0 unspecified atom stereocenters. The summed E-state index contributed by atoms with van der Waals surface area (Å²) in [6.07, 6.45) is 0. The van der Waals surface area contributed by atoms with Gasteiger partial charge in [-0.25, -0.2) is 0 Å². The number of rotatable bonds is 2. The Labute approximate surface area is 98.2 Å². The quantitative estimate of drug-likeness (QED) is 0.812. The molecule has 0 aliphatic carbocycles. The first-order valence-corrected chi connectivity index (χ1v) is 5.31. The summed E-state index contributed by atoms with van der Waals surface area (Å²) in [7, 11) is 0. The maximum atomic E-state index is 5.96. The lowest BCUT2D eigenvalue weighted by Gasteiger charge is -2.07. The van der Waals surface area contributed by atoms with E-state index >= 15 is 0 Å². The molecule has 0 saturated carbocycles. The van der Waals surface area contributed by atoms with Crippen LogP contribution in [-0.4, -0.2) is 20.2 Å². The fourth-order valence-electron chi connectivity index (χ4n) is 1.39. The Kier molecular flexibility index (Phi) is 2.78. The highest BCUT2D eigenvalue weighted by atomic mass is 35.5. The van der Waals surface area contributed by atoms with Gasteiger partial charge in [-0.05, 0) is 28.6 Å². The van der Waals surface area contributed by atoms with Gasteiger partial charge in [-0.15, -0.1) is 5.10 Å². The number of nitrogens with zero attached hydrogens (tertiary/aromatic N) is 4. The average molecular weight is 238 g/mol. The molecular formula is C10H12ClN5. The number of tetrazole rings is 1. The van der Waals surface area contributed by atoms with Gasteiger partial charge in [0.25, 0.3) is 0 Å². The van der Waals surface area contributed by atoms with Crippen molar-refractivity contribution in [3.63, 3.8) is 0 Å². The van der Waals surface area contributed by atoms with E-state index in [1.165, 1.54) is 0 Å². The normalized spacial score (nSPS) is 11.0. The highest BCUT2D eigenvalue weighted by molar-refractivity contribution is 6.33. The lowest BCUT2D eigenvalue weighted by Crippen LogP contribution is -2.05. The third-order valence-corrected chi connectivity index (χ3v) is 2.57. The number of hydrogen-bond donors (Lipinski definition) is 1. The molecule has 0 aliphatic heterocycles. The van der Waals surface area contributed by atoms with Gasteiger partial charge < -0.3 is 5.73 Å². The lowest BCUT2D eigenvalue weighted by molar-refractivity contribution is 0.710. The van der Waals surface area contributed by atoms with Crippen LogP contribution in [0.3, 0.4) is 0 Å². The van der Waals surface area contributed by atoms with Crippen LogP contribution >= 0.6 is 11.6 Å². The molecular weight excluding hydrogens is 226 g/mol. The largest absolute Gasteiger partial charge is 0.398 e. The van der Waals surface area contributed by atoms with E-state index < -0.39 is 0 Å². The zero-order valence-electron chi connectivity index (χ0n) is 9.05. The summed E-state index contributed by atoms with van der Waals surface area (Å²) in [4.78, 5) is 0. The minimum atomic E-state index is 0.242. The number of nitrogens with two attached hydrogens (primary N) is 1. The molecule has 0 spiro atoms. The van der Waals surface area contributed by atoms with Crippen LogP contribution in [0, 0.1) is 0 Å². The first-order valence-electron chi connectivity index (χ1n) is 4.93. The van der Waals surface area contributed by atoms with E-state index in [0.29, 0.717) is 10.7 Å². The number of halogens is 1. The highest BCUT2D eigenvalue weighted by Gasteiger charge is 2.12. The van der Waals surface area contributed by atoms with Crippen molar-refractivity contribution in [2.24, 2.45) is 0 Å². The van der Waals surface area contributed by atoms with Crippen molar-refractivity contribution in [3.8, 4) is 5.69 Å². The Morgan fingerprint density at radius 3 is 2.75 bits per heavy atom. The van der Waals surface area contributed by atoms with E-state index in [1.807, 2.05) is 19.9 Å². The van der Waals surface area contributed by atoms with Crippen molar-refractivity contribution < 1.29 is 0 Å². The molecule has 0 atom stereocenters. The average Bonchev–Trinajstić information content (AvgIpc) is 2.71. The summed E-state index contributed by atoms with van der Waals surface area (Å²) in [5, 5.41) is 12.1. The molecule has 0 amide bonds. The summed E-state index contributed by atoms with van der Waals surface area (Å²) < 4.78 is 1.66. The standard InChI is InChI=1S/C10H12ClN5/c1-6(2)10-13-14-15-16(10)7-3-4-9(12)8(11)5-7/h3-6H,12H2,1-2H3. The summed E-state index contributed by atoms with van der Waals surface area (Å²) in [5.41, 5.74) is 7.01. The van der Waals surface area contributed by atoms with Crippen molar-refractivity contribution in [2.45, 2.75) is 19.8 Å². The molecule has 2 aromatic rings. The fraction of sp³-hybridized carbons (Fsp3) is 0.300. The van der Waals surface area contributed by atoms with Crippen molar-refractivity contribution in [2.75, 3.05) is 5.73 Å². The minimum Gasteiger partial charge on any atom is -0.398 e. The van der Waals surface area contributed by atoms with Gasteiger partial charge in [-0.3, -0.25) is 0 Å². The SMILES string of the molecule is CC(C)c1nnnn1-c1ccc(N)c(Cl)c1. The van der Waals surface area contributed by atoms with Crippen molar-refractivity contribution in [1.82, 2.24) is 20.2 Å². The molecule has 6 heteroatoms. The van der Waals surface area contributed by atoms with Gasteiger partial charge in [-0.1, -0.05) is 25.4 Å². The predicted octanol–water partition coefficient (Wildman–Crippen LogP) is 2.02. The van der Waals surface area contributed by atoms with E-state index in [9.17, 15) is 0 Å². The Bertz CT molecular complexity index is 506. The predicted molar refractivity (Wildman–Crippen MR) is 62.7 cm³/mol. The molecule has 0 saturated heterocycles. The van der Waals surface area contributed by atoms with Gasteiger partial charge in [0.2, 0.25) is 0 Å². The second kappa shape index (κ2) is 4.09. The van der Waals surface area contributed by atoms with Crippen molar-refractivity contribution >= 4 is 17.3 Å². The Hall–Kier alpha value is -1.62. The third-order valence-electron chi connectivity index (χ3n) is 2.24. The third kappa shape index (κ3) is 1.86. The van der Waals surface area contributed by atoms with Gasteiger partial charge in [-0.2, -0.15) is 4.68 Å². The van der Waals surface area contributed by atoms with Crippen LogP contribution in [-0.2, 0) is 0 Å². The zero-order chi connectivity index (χ0) is 11.7. The minimum absolute atomic E-state index is 0.242. The lowest BCUT2D eigenvalue weighted by atomic mass is 10.2. The number of aromatic nitrogens is 4. The molecule has 1 aromatic heterocycles. The van der Waals surface area contributed by atoms with Crippen molar-refractivity contribution in [3.05, 3.63) is 29.0 Å². The molecule has 0 radical (unpaired) electrons. The maximum Gasteiger partial charge on any atom is 0.159 e. The van der Waals surface area contributed by atoms with Crippen LogP contribution in [0.5, 0.6) is 0 Å². The van der Waals surface area contributed by atoms with Gasteiger partial charge in [0.1, 0.15) is 0 Å². The molecule has 0 fully saturated rings. The molecule has 2 rings (SSSR count). The van der Waals surface area contributed by atoms with Crippen LogP contribution in [0.1, 0.15) is 25.6 Å². The van der Waals surface area contributed by atoms with Crippen molar-refractivity contribution in [1.29, 1.82) is 0 Å². The van der Waals surface area contributed by atoms with Crippen LogP contribution < -0.4 is 5.73 Å². The fourth-order valence-corrected chi connectivity index (χ4v) is 1.56. The summed E-state index contributed by atoms with van der Waals surface area (Å²) in [6, 6.07) is 5.33. The van der Waals surface area contributed by atoms with Gasteiger partial charge in [0.05, 0.1) is 16.4 Å². The van der Waals surface area contributed by atoms with Crippen LogP contribution in [0.15, 0.2) is 18.2 Å². The molecule has 1 aromatic carbocycles. The number of benzene rings is 1. The second-order valence-corrected chi connectivity index (χ2v) is 4.22. The van der Waals surface area contributed by atoms with Gasteiger partial charge in [0, 0.05) is 5.92 Å². The van der Waals surface area contributed by atoms with Crippen LogP contribution in [0.2, 0.25) is 5.02 Å². The van der Waals surface area contributed by atoms with E-state index in [2.05, 4.69) is 15.5 Å². The molecule has 5 nitrogen and oxygen atoms in total. The van der Waals surface area contributed by atoms with Gasteiger partial charge in [0.15, 0.2) is 5.82 Å². The Morgan fingerprint density at radius 2 is 2.12 bits per heavy atom. The van der Waals surface area contributed by atoms with E-state index in [4.69, 9.17) is 17.3 Å². The number of hydrogen-bond acceptors (Lipinski definition) is 4. The smallest absolute Gasteiger partial charge is 0.159 e. The highest BCUT2D eigenvalue weighted by Crippen LogP contribution is 2.23. The second-order valence-electron chi connectivity index (χ2n) is 3.81. The summed E-state index contributed by atoms with van der Waals surface area (Å²) in [6.45, 7) is 4.06. The van der Waals surface area contributed by atoms with Crippen LogP contribution in [0.4, 0.5) is 5.69 Å². The molecule has 84 valence electrons. The monoisotopic (exact) mass is 237 g/mol. The maximum absolute atomic E-state index is 5.96. The van der Waals surface area contributed by atoms with E-state index in [0.717, 1.165) is 11.5 Å². The summed E-state index contributed by atoms with van der Waals surface area (Å²) in [5.74, 6) is 1.03. The summed E-state index contributed by atoms with van der Waals surface area (Å²) >= 11 is 5.96. The van der Waals surface area contributed by atoms with Crippen LogP contribution in [0.25, 0.3) is 5.69 Å². The first kappa shape index (κ1) is 10.9.